The second-order valence-electron chi connectivity index (χ2n) is 25.9. The molecule has 0 radical (unpaired) electrons. The molecule has 15 aromatic heterocycles. The molecule has 19 heteroatoms. The number of hydrogen-bond acceptors (Lipinski definition) is 7. The molecule has 0 fully saturated rings. The third-order valence-electron chi connectivity index (χ3n) is 20.9. The summed E-state index contributed by atoms with van der Waals surface area (Å²) < 4.78 is 31.3. The van der Waals surface area contributed by atoms with Crippen LogP contribution in [0.3, 0.4) is 0 Å². The minimum absolute atomic E-state index is 0.251. The number of esters is 1. The molecule has 0 spiro atoms. The summed E-state index contributed by atoms with van der Waals surface area (Å²) in [6.45, 7) is 0. The first-order valence-electron chi connectivity index (χ1n) is 32.5. The van der Waals surface area contributed by atoms with Crippen molar-refractivity contribution in [1.29, 1.82) is 0 Å². The average Bonchev–Trinajstić information content (AvgIpc) is 1.58. The van der Waals surface area contributed by atoms with Gasteiger partial charge in [0.15, 0.2) is 17.0 Å². The zero-order valence-corrected chi connectivity index (χ0v) is 53.4. The molecule has 0 N–H and O–H groups in total. The number of ether oxygens (including phenoxy) is 1. The number of aryl methyl sites for hydroxylation is 5. The highest BCUT2D eigenvalue weighted by atomic mass is 16.5. The van der Waals surface area contributed by atoms with E-state index in [-0.39, 0.29) is 5.97 Å². The molecule has 0 bridgehead atoms. The molecule has 26 rings (SSSR count). The lowest BCUT2D eigenvalue weighted by molar-refractivity contribution is 0.0755. The molecule has 1 aliphatic heterocycles. The van der Waals surface area contributed by atoms with Gasteiger partial charge >= 0.3 is 5.97 Å². The Hall–Kier alpha value is -13.4. The van der Waals surface area contributed by atoms with Crippen molar-refractivity contribution in [3.63, 3.8) is 0 Å². The van der Waals surface area contributed by atoms with Gasteiger partial charge in [-0.1, -0.05) is 115 Å². The summed E-state index contributed by atoms with van der Waals surface area (Å²) >= 11 is 0. The predicted molar refractivity (Wildman–Crippen MR) is 386 cm³/mol. The summed E-state index contributed by atoms with van der Waals surface area (Å²) in [6.07, 6.45) is 21.7. The molecule has 2 aliphatic carbocycles. The summed E-state index contributed by atoms with van der Waals surface area (Å²) in [5.41, 5.74) is 31.7. The molecule has 23 aromatic rings. The summed E-state index contributed by atoms with van der Waals surface area (Å²) in [5, 5.41) is 13.2. The van der Waals surface area contributed by atoms with Gasteiger partial charge in [-0.3, -0.25) is 26.4 Å². The van der Waals surface area contributed by atoms with Crippen LogP contribution in [0.15, 0.2) is 232 Å². The molecular formula is C79H53N17O2. The number of fused-ring (bicyclic) bond motifs is 31. The van der Waals surface area contributed by atoms with Gasteiger partial charge in [0.1, 0.15) is 52.1 Å². The van der Waals surface area contributed by atoms with Gasteiger partial charge in [-0.25, -0.2) is 29.2 Å². The van der Waals surface area contributed by atoms with Crippen molar-refractivity contribution in [2.75, 3.05) is 0 Å². The number of rotatable bonds is 0. The molecule has 16 heterocycles. The molecule has 0 atom stereocenters. The molecular weight excluding hydrogens is 1220 g/mol. The summed E-state index contributed by atoms with van der Waals surface area (Å²) in [4.78, 5) is 29.7. The van der Waals surface area contributed by atoms with Crippen molar-refractivity contribution in [1.82, 2.24) is 78.8 Å². The van der Waals surface area contributed by atoms with Crippen LogP contribution in [0, 0.1) is 0 Å². The Morgan fingerprint density at radius 1 is 0.378 bits per heavy atom. The van der Waals surface area contributed by atoms with Gasteiger partial charge in [-0.15, -0.1) is 0 Å². The standard InChI is InChI=1S/C19H12N4.C18H12N4.C16H11N3.C14H10N4.C12H8N2O2/c1-22-15-9-20-10-21-18(15)23-14-8-4-7-12-11-5-2-3-6-13(11)17(16(12)14)19(22)23;1-20-9-10-21-14-8-4-5-11-15(14)16(18(20)21)22-13-7-3-2-6-12(13)19-17(11)22;1-18-9-17-19-13-8-4-7-11-10-5-2-3-6-12(10)15(14(11)13)16(18)19;1-16-7-8-17-10-4-2-3-9-11(10)12(14(16)17)18-6-5-15-13(9)18;1-13-5-6-14-8-4-2-3-7-9(8)10(11(13)14)16-12(7)15/h2-10H,1H3;2-10H,1H3;2-9H,1H3;2-8H,1H3;2-6H,1H3. The number of para-hydroxylation sites is 2. The lowest BCUT2D eigenvalue weighted by Crippen LogP contribution is -2.02. The van der Waals surface area contributed by atoms with E-state index in [4.69, 9.17) is 9.72 Å². The number of benzene rings is 8. The zero-order valence-electron chi connectivity index (χ0n) is 53.4. The molecule has 0 saturated carbocycles. The zero-order chi connectivity index (χ0) is 64.8. The van der Waals surface area contributed by atoms with Crippen LogP contribution >= 0.6 is 0 Å². The number of hydrogen-bond donors (Lipinski definition) is 0. The van der Waals surface area contributed by atoms with Crippen LogP contribution in [0.1, 0.15) is 10.4 Å². The normalized spacial score (nSPS) is 12.8. The molecule has 466 valence electrons. The van der Waals surface area contributed by atoms with Crippen LogP contribution in [-0.2, 0) is 35.2 Å². The lowest BCUT2D eigenvalue weighted by Gasteiger charge is -2.03. The fourth-order valence-corrected chi connectivity index (χ4v) is 17.0. The fourth-order valence-electron chi connectivity index (χ4n) is 17.0. The Labute approximate surface area is 552 Å². The first kappa shape index (κ1) is 53.0. The Balaban J connectivity index is 0.0000000790. The Morgan fingerprint density at radius 2 is 0.918 bits per heavy atom. The molecule has 0 amide bonds. The topological polar surface area (TPSA) is 146 Å². The van der Waals surface area contributed by atoms with E-state index in [1.807, 2.05) is 76.0 Å². The predicted octanol–water partition coefficient (Wildman–Crippen LogP) is 16.0. The van der Waals surface area contributed by atoms with Crippen molar-refractivity contribution in [2.45, 2.75) is 0 Å². The van der Waals surface area contributed by atoms with E-state index in [1.165, 1.54) is 138 Å². The summed E-state index contributed by atoms with van der Waals surface area (Å²) in [7, 11) is 10.3. The molecule has 19 nitrogen and oxygen atoms in total. The van der Waals surface area contributed by atoms with Crippen molar-refractivity contribution >= 4 is 144 Å². The smallest absolute Gasteiger partial charge is 0.344 e. The van der Waals surface area contributed by atoms with Gasteiger partial charge in [-0.2, -0.15) is 5.10 Å². The highest BCUT2D eigenvalue weighted by Gasteiger charge is 2.33. The molecule has 0 saturated heterocycles. The third kappa shape index (κ3) is 6.51. The van der Waals surface area contributed by atoms with Crippen molar-refractivity contribution in [2.24, 2.45) is 35.2 Å². The molecule has 3 aliphatic rings. The highest BCUT2D eigenvalue weighted by molar-refractivity contribution is 6.25. The average molecular weight is 1270 g/mol. The number of carbonyl (C=O) groups is 1. The second kappa shape index (κ2) is 18.7. The quantitative estimate of drug-likeness (QED) is 0.137. The van der Waals surface area contributed by atoms with Gasteiger partial charge in [0.25, 0.3) is 0 Å². The van der Waals surface area contributed by atoms with Gasteiger partial charge in [0, 0.05) is 128 Å². The minimum atomic E-state index is -0.251. The maximum Gasteiger partial charge on any atom is 0.344 e. The molecule has 8 aromatic carbocycles. The Bertz CT molecular complexity index is 7390. The van der Waals surface area contributed by atoms with Crippen LogP contribution in [0.4, 0.5) is 0 Å². The first-order valence-corrected chi connectivity index (χ1v) is 32.5. The number of imidazole rings is 6. The van der Waals surface area contributed by atoms with Crippen molar-refractivity contribution in [3.05, 3.63) is 238 Å². The van der Waals surface area contributed by atoms with Crippen molar-refractivity contribution in [3.8, 4) is 50.3 Å². The first-order chi connectivity index (χ1) is 48.2. The molecule has 98 heavy (non-hydrogen) atoms. The van der Waals surface area contributed by atoms with Crippen LogP contribution in [0.2, 0.25) is 0 Å². The van der Waals surface area contributed by atoms with E-state index in [9.17, 15) is 4.79 Å². The number of nitrogens with zero attached hydrogens (tertiary/aromatic N) is 17. The fraction of sp³-hybridized carbons (Fsp3) is 0.0633. The van der Waals surface area contributed by atoms with Gasteiger partial charge < -0.3 is 27.6 Å². The van der Waals surface area contributed by atoms with E-state index in [0.29, 0.717) is 11.3 Å². The van der Waals surface area contributed by atoms with Crippen LogP contribution < -0.4 is 4.74 Å². The molecule has 0 unspecified atom stereocenters. The maximum atomic E-state index is 11.6. The monoisotopic (exact) mass is 1270 g/mol. The number of carbonyl (C=O) groups excluding carboxylic acids is 1. The SMILES string of the molecule is Cn1c2cncnc2n2c3cccc4c3c(c12)-c1ccccc1-4.Cn1ccn2c3cccc4c3c(c12)OC4=O.Cn1ccn2c3cccc4c3c(c12)n1c2ccccc2nc41.Cn1ccn2c3cccc4c3c(c12)n1ccnc41.Cn1cnn2c3cccc4c3c(c12)-c1ccccc1-4. The highest BCUT2D eigenvalue weighted by Crippen LogP contribution is 2.53. The van der Waals surface area contributed by atoms with Crippen molar-refractivity contribution < 1.29 is 9.53 Å². The van der Waals surface area contributed by atoms with Crippen LogP contribution in [0.25, 0.3) is 183 Å². The lowest BCUT2D eigenvalue weighted by atomic mass is 10.0. The number of aromatic nitrogens is 17. The summed E-state index contributed by atoms with van der Waals surface area (Å²) in [5.74, 6) is 0.433. The van der Waals surface area contributed by atoms with Crippen LogP contribution in [-0.4, -0.2) is 84.8 Å². The van der Waals surface area contributed by atoms with Gasteiger partial charge in [-0.05, 0) is 81.9 Å². The van der Waals surface area contributed by atoms with E-state index in [2.05, 4.69) is 253 Å². The minimum Gasteiger partial charge on any atom is -0.418 e. The van der Waals surface area contributed by atoms with E-state index < -0.39 is 0 Å². The van der Waals surface area contributed by atoms with E-state index in [1.54, 1.807) is 12.4 Å². The largest absolute Gasteiger partial charge is 0.418 e. The third-order valence-corrected chi connectivity index (χ3v) is 20.9. The maximum absolute atomic E-state index is 11.6. The second-order valence-corrected chi connectivity index (χ2v) is 25.9. The van der Waals surface area contributed by atoms with Gasteiger partial charge in [0.05, 0.1) is 66.8 Å². The van der Waals surface area contributed by atoms with E-state index >= 15 is 0 Å². The van der Waals surface area contributed by atoms with E-state index in [0.717, 1.165) is 44.5 Å². The Morgan fingerprint density at radius 3 is 1.63 bits per heavy atom. The summed E-state index contributed by atoms with van der Waals surface area (Å²) in [6, 6.07) is 57.2. The van der Waals surface area contributed by atoms with Crippen LogP contribution in [0.5, 0.6) is 5.75 Å². The Kier molecular flexibility index (Phi) is 10.1. The van der Waals surface area contributed by atoms with Gasteiger partial charge in [0.2, 0.25) is 0 Å².